The molecule has 0 saturated carbocycles. The van der Waals surface area contributed by atoms with Crippen molar-refractivity contribution in [2.75, 3.05) is 52.4 Å². The monoisotopic (exact) mass is 531 g/mol. The quantitative estimate of drug-likeness (QED) is 0.452. The molecule has 3 unspecified atom stereocenters. The Hall–Kier alpha value is -2.64. The van der Waals surface area contributed by atoms with Crippen molar-refractivity contribution < 1.29 is 9.59 Å². The number of carbonyl (C=O) groups excluding carboxylic acids is 2. The maximum Gasteiger partial charge on any atom is 0.257 e. The van der Waals surface area contributed by atoms with E-state index in [0.29, 0.717) is 29.2 Å². The highest BCUT2D eigenvalue weighted by atomic mass is 16.2. The molecule has 0 aliphatic carbocycles. The number of aryl methyl sites for hydroxylation is 2. The molecule has 5 rings (SSSR count). The molecule has 7 heteroatoms. The average molecular weight is 532 g/mol. The van der Waals surface area contributed by atoms with Crippen LogP contribution in [0.2, 0.25) is 0 Å². The van der Waals surface area contributed by atoms with Gasteiger partial charge in [-0.2, -0.15) is 0 Å². The van der Waals surface area contributed by atoms with Gasteiger partial charge >= 0.3 is 0 Å². The largest absolute Gasteiger partial charge is 0.338 e. The molecule has 3 aliphatic heterocycles. The molecule has 3 atom stereocenters. The molecule has 3 saturated heterocycles. The van der Waals surface area contributed by atoms with E-state index in [1.54, 1.807) is 6.33 Å². The van der Waals surface area contributed by atoms with Gasteiger partial charge < -0.3 is 19.5 Å². The molecule has 210 valence electrons. The minimum Gasteiger partial charge on any atom is -0.338 e. The van der Waals surface area contributed by atoms with Crippen LogP contribution in [-0.2, 0) is 4.79 Å². The van der Waals surface area contributed by atoms with Crippen molar-refractivity contribution in [3.05, 3.63) is 59.2 Å². The lowest BCUT2D eigenvalue weighted by atomic mass is 9.77. The van der Waals surface area contributed by atoms with Crippen molar-refractivity contribution in [3.8, 4) is 0 Å². The van der Waals surface area contributed by atoms with Crippen LogP contribution in [0.3, 0.4) is 0 Å². The van der Waals surface area contributed by atoms with Gasteiger partial charge in [-0.1, -0.05) is 44.2 Å². The number of aldehydes is 1. The molecule has 2 aromatic rings. The summed E-state index contributed by atoms with van der Waals surface area (Å²) in [5, 5.41) is 0. The summed E-state index contributed by atoms with van der Waals surface area (Å²) in [6, 6.07) is 11.1. The third-order valence-electron chi connectivity index (χ3n) is 9.42. The fourth-order valence-electron chi connectivity index (χ4n) is 7.32. The number of amides is 1. The molecule has 0 bridgehead atoms. The van der Waals surface area contributed by atoms with Gasteiger partial charge in [-0.3, -0.25) is 4.79 Å². The predicted molar refractivity (Wildman–Crippen MR) is 154 cm³/mol. The van der Waals surface area contributed by atoms with Gasteiger partial charge in [0, 0.05) is 38.1 Å². The zero-order valence-electron chi connectivity index (χ0n) is 24.2. The molecule has 0 radical (unpaired) electrons. The van der Waals surface area contributed by atoms with Crippen LogP contribution in [0.5, 0.6) is 0 Å². The molecular formula is C32H45N5O2. The lowest BCUT2D eigenvalue weighted by molar-refractivity contribution is -0.115. The predicted octanol–water partition coefficient (Wildman–Crippen LogP) is 4.21. The number of piperidine rings is 1. The number of fused-ring (bicyclic) bond motifs is 1. The smallest absolute Gasteiger partial charge is 0.257 e. The zero-order chi connectivity index (χ0) is 27.6. The van der Waals surface area contributed by atoms with Gasteiger partial charge in [0.05, 0.1) is 17.0 Å². The highest BCUT2D eigenvalue weighted by Crippen LogP contribution is 2.38. The Labute approximate surface area is 234 Å². The van der Waals surface area contributed by atoms with Gasteiger partial charge in [-0.05, 0) is 82.0 Å². The van der Waals surface area contributed by atoms with Crippen LogP contribution < -0.4 is 0 Å². The van der Waals surface area contributed by atoms with Gasteiger partial charge in [0.25, 0.3) is 5.91 Å². The first-order valence-electron chi connectivity index (χ1n) is 14.8. The van der Waals surface area contributed by atoms with Gasteiger partial charge in [-0.25, -0.2) is 9.97 Å². The van der Waals surface area contributed by atoms with Crippen LogP contribution in [-0.4, -0.2) is 89.2 Å². The molecule has 0 N–H and O–H groups in total. The summed E-state index contributed by atoms with van der Waals surface area (Å²) >= 11 is 0. The molecule has 39 heavy (non-hydrogen) atoms. The van der Waals surface area contributed by atoms with Crippen molar-refractivity contribution in [1.29, 1.82) is 0 Å². The highest BCUT2D eigenvalue weighted by Gasteiger charge is 2.42. The number of likely N-dealkylation sites (tertiary alicyclic amines) is 3. The maximum absolute atomic E-state index is 13.3. The SMILES string of the molecule is Cc1ncnc(C)c1C(=O)N1CC2CN(CCC(c3ccccc3)C3CCN(CC(C)(C)C=O)CC3)CC2C1. The van der Waals surface area contributed by atoms with E-state index < -0.39 is 0 Å². The lowest BCUT2D eigenvalue weighted by Gasteiger charge is -2.39. The van der Waals surface area contributed by atoms with Crippen LogP contribution in [0, 0.1) is 37.0 Å². The number of hydrogen-bond acceptors (Lipinski definition) is 6. The average Bonchev–Trinajstić information content (AvgIpc) is 3.49. The number of benzene rings is 1. The first kappa shape index (κ1) is 27.9. The molecular weight excluding hydrogens is 486 g/mol. The minimum atomic E-state index is -0.272. The van der Waals surface area contributed by atoms with E-state index in [-0.39, 0.29) is 11.3 Å². The normalized spacial score (nSPS) is 23.6. The third-order valence-corrected chi connectivity index (χ3v) is 9.42. The van der Waals surface area contributed by atoms with Crippen LogP contribution in [0.15, 0.2) is 36.7 Å². The first-order chi connectivity index (χ1) is 18.7. The van der Waals surface area contributed by atoms with Crippen molar-refractivity contribution in [3.63, 3.8) is 0 Å². The first-order valence-corrected chi connectivity index (χ1v) is 14.8. The van der Waals surface area contributed by atoms with Gasteiger partial charge in [0.2, 0.25) is 0 Å². The van der Waals surface area contributed by atoms with Crippen LogP contribution in [0.1, 0.15) is 66.3 Å². The van der Waals surface area contributed by atoms with E-state index in [1.807, 2.05) is 32.6 Å². The number of nitrogens with zero attached hydrogens (tertiary/aromatic N) is 5. The molecule has 7 nitrogen and oxygen atoms in total. The van der Waals surface area contributed by atoms with E-state index in [9.17, 15) is 9.59 Å². The number of aromatic nitrogens is 2. The van der Waals surface area contributed by atoms with Gasteiger partial charge in [0.15, 0.2) is 0 Å². The number of rotatable bonds is 9. The zero-order valence-corrected chi connectivity index (χ0v) is 24.2. The maximum atomic E-state index is 13.3. The molecule has 4 heterocycles. The Balaban J connectivity index is 1.16. The second-order valence-electron chi connectivity index (χ2n) is 12.9. The Morgan fingerprint density at radius 2 is 1.59 bits per heavy atom. The molecule has 1 aromatic heterocycles. The van der Waals surface area contributed by atoms with E-state index in [4.69, 9.17) is 0 Å². The van der Waals surface area contributed by atoms with E-state index in [0.717, 1.165) is 70.0 Å². The fourth-order valence-corrected chi connectivity index (χ4v) is 7.32. The van der Waals surface area contributed by atoms with Crippen LogP contribution in [0.25, 0.3) is 0 Å². The fraction of sp³-hybridized carbons (Fsp3) is 0.625. The Morgan fingerprint density at radius 3 is 2.18 bits per heavy atom. The Kier molecular flexibility index (Phi) is 8.48. The van der Waals surface area contributed by atoms with Crippen molar-refractivity contribution >= 4 is 12.2 Å². The molecule has 0 spiro atoms. The van der Waals surface area contributed by atoms with Crippen molar-refractivity contribution in [2.45, 2.75) is 52.9 Å². The van der Waals surface area contributed by atoms with E-state index in [1.165, 1.54) is 24.8 Å². The molecule has 3 aliphatic rings. The van der Waals surface area contributed by atoms with E-state index in [2.05, 4.69) is 50.1 Å². The standard InChI is InChI=1S/C32H45N5O2/c1-23-30(24(2)34-22-33-23)31(39)37-18-27-16-36(17-28(27)19-37)15-12-29(25-8-6-5-7-9-25)26-10-13-35(14-11-26)20-32(3,4)21-38/h5-9,21-22,26-29H,10-20H2,1-4H3. The van der Waals surface area contributed by atoms with Crippen molar-refractivity contribution in [1.82, 2.24) is 24.7 Å². The topological polar surface area (TPSA) is 69.6 Å². The summed E-state index contributed by atoms with van der Waals surface area (Å²) in [6.45, 7) is 15.8. The van der Waals surface area contributed by atoms with E-state index >= 15 is 0 Å². The Bertz CT molecular complexity index is 1110. The summed E-state index contributed by atoms with van der Waals surface area (Å²) in [4.78, 5) is 40.4. The summed E-state index contributed by atoms with van der Waals surface area (Å²) < 4.78 is 0. The number of carbonyl (C=O) groups is 2. The molecule has 1 amide bonds. The minimum absolute atomic E-state index is 0.0959. The summed E-state index contributed by atoms with van der Waals surface area (Å²) in [6.07, 6.45) is 6.21. The second-order valence-corrected chi connectivity index (χ2v) is 12.9. The molecule has 1 aromatic carbocycles. The van der Waals surface area contributed by atoms with Crippen molar-refractivity contribution in [2.24, 2.45) is 23.2 Å². The van der Waals surface area contributed by atoms with Crippen LogP contribution in [0.4, 0.5) is 0 Å². The third kappa shape index (κ3) is 6.41. The van der Waals surface area contributed by atoms with Gasteiger partial charge in [-0.15, -0.1) is 0 Å². The molecule has 3 fully saturated rings. The highest BCUT2D eigenvalue weighted by molar-refractivity contribution is 5.96. The second kappa shape index (κ2) is 11.8. The van der Waals surface area contributed by atoms with Crippen LogP contribution >= 0.6 is 0 Å². The number of hydrogen-bond donors (Lipinski definition) is 0. The summed E-state index contributed by atoms with van der Waals surface area (Å²) in [5.41, 5.74) is 3.43. The summed E-state index contributed by atoms with van der Waals surface area (Å²) in [7, 11) is 0. The Morgan fingerprint density at radius 1 is 0.974 bits per heavy atom. The lowest BCUT2D eigenvalue weighted by Crippen LogP contribution is -2.41. The van der Waals surface area contributed by atoms with Gasteiger partial charge in [0.1, 0.15) is 12.6 Å². The summed E-state index contributed by atoms with van der Waals surface area (Å²) in [5.74, 6) is 2.45.